The van der Waals surface area contributed by atoms with Gasteiger partial charge in [0, 0.05) is 19.3 Å². The van der Waals surface area contributed by atoms with E-state index in [9.17, 15) is 14.4 Å². The van der Waals surface area contributed by atoms with E-state index in [0.717, 1.165) is 128 Å². The molecule has 0 spiro atoms. The van der Waals surface area contributed by atoms with Crippen LogP contribution in [-0.4, -0.2) is 37.2 Å². The lowest BCUT2D eigenvalue weighted by Gasteiger charge is -2.18. The molecule has 0 saturated heterocycles. The first-order valence-corrected chi connectivity index (χ1v) is 27.5. The Bertz CT molecular complexity index is 1450. The Kier molecular flexibility index (Phi) is 52.0. The number of rotatable bonds is 48. The quantitative estimate of drug-likeness (QED) is 0.0262. The molecule has 68 heavy (non-hydrogen) atoms. The summed E-state index contributed by atoms with van der Waals surface area (Å²) in [5, 5.41) is 0. The SMILES string of the molecule is CC/C=C\C/C=C\C/C=C\C/C=C\C/C=C\CCCC(=O)OC(COC(=O)CCCCCCC/C=C\CCCCCCC)COC(=O)CCCCCCCC/C=C\C/C=C\C/C=C\C/C=C\CC. The van der Waals surface area contributed by atoms with Gasteiger partial charge in [-0.2, -0.15) is 0 Å². The van der Waals surface area contributed by atoms with E-state index < -0.39 is 6.10 Å². The maximum absolute atomic E-state index is 12.8. The van der Waals surface area contributed by atoms with Gasteiger partial charge in [0.1, 0.15) is 13.2 Å². The summed E-state index contributed by atoms with van der Waals surface area (Å²) < 4.78 is 16.8. The second-order valence-electron chi connectivity index (χ2n) is 17.7. The fraction of sp³-hybridized carbons (Fsp3) is 0.629. The molecule has 0 aliphatic carbocycles. The van der Waals surface area contributed by atoms with Gasteiger partial charge in [-0.3, -0.25) is 14.4 Å². The Labute approximate surface area is 418 Å². The molecule has 0 aliphatic rings. The zero-order valence-corrected chi connectivity index (χ0v) is 43.8. The molecule has 1 atom stereocenters. The third-order valence-corrected chi connectivity index (χ3v) is 11.2. The number of esters is 3. The third-order valence-electron chi connectivity index (χ3n) is 11.2. The van der Waals surface area contributed by atoms with Crippen LogP contribution in [0, 0.1) is 0 Å². The Morgan fingerprint density at radius 1 is 0.309 bits per heavy atom. The highest BCUT2D eigenvalue weighted by Gasteiger charge is 2.19. The van der Waals surface area contributed by atoms with E-state index >= 15 is 0 Å². The molecule has 1 unspecified atom stereocenters. The minimum Gasteiger partial charge on any atom is -0.462 e. The maximum atomic E-state index is 12.8. The van der Waals surface area contributed by atoms with Gasteiger partial charge >= 0.3 is 17.9 Å². The standard InChI is InChI=1S/C62H100O6/c1-4-7-10-13-16-19-22-25-28-30-31-33-34-37-40-43-46-49-52-55-61(64)67-58-59(57-66-60(63)54-51-48-45-42-39-36-27-24-21-18-15-12-9-6-3)68-62(65)56-53-50-47-44-41-38-35-32-29-26-23-20-17-14-11-8-5-2/h7-8,10-11,16-17,19-20,24-29,31,33,35,38,44,47,59H,4-6,9,12-15,18,21-23,30,32,34,36-37,39-43,45-46,48-58H2,1-3H3/b10-7-,11-8-,19-16-,20-17-,27-24-,28-25-,29-26-,33-31-,38-35-,47-44-. The first-order valence-electron chi connectivity index (χ1n) is 27.5. The summed E-state index contributed by atoms with van der Waals surface area (Å²) >= 11 is 0. The van der Waals surface area contributed by atoms with Crippen molar-refractivity contribution in [3.05, 3.63) is 122 Å². The van der Waals surface area contributed by atoms with Crippen molar-refractivity contribution in [3.63, 3.8) is 0 Å². The van der Waals surface area contributed by atoms with Crippen molar-refractivity contribution in [3.8, 4) is 0 Å². The van der Waals surface area contributed by atoms with Crippen LogP contribution in [0.15, 0.2) is 122 Å². The number of unbranched alkanes of at least 4 members (excludes halogenated alkanes) is 17. The molecule has 6 heteroatoms. The second kappa shape index (κ2) is 55.4. The van der Waals surface area contributed by atoms with Gasteiger partial charge in [-0.05, 0) is 122 Å². The van der Waals surface area contributed by atoms with E-state index in [1.165, 1.54) is 57.8 Å². The molecule has 0 rings (SSSR count). The summed E-state index contributed by atoms with van der Waals surface area (Å²) in [6.45, 7) is 6.33. The Morgan fingerprint density at radius 2 is 0.588 bits per heavy atom. The van der Waals surface area contributed by atoms with Gasteiger partial charge < -0.3 is 14.2 Å². The van der Waals surface area contributed by atoms with Gasteiger partial charge in [-0.1, -0.05) is 213 Å². The zero-order chi connectivity index (χ0) is 49.3. The molecular weight excluding hydrogens is 841 g/mol. The van der Waals surface area contributed by atoms with Gasteiger partial charge in [0.15, 0.2) is 6.10 Å². The molecule has 0 aromatic rings. The van der Waals surface area contributed by atoms with E-state index in [1.807, 2.05) is 0 Å². The normalized spacial score (nSPS) is 13.0. The molecule has 0 aliphatic heterocycles. The number of carbonyl (C=O) groups is 3. The van der Waals surface area contributed by atoms with E-state index in [-0.39, 0.29) is 37.5 Å². The van der Waals surface area contributed by atoms with Crippen LogP contribution < -0.4 is 0 Å². The lowest BCUT2D eigenvalue weighted by molar-refractivity contribution is -0.167. The highest BCUT2D eigenvalue weighted by molar-refractivity contribution is 5.71. The predicted molar refractivity (Wildman–Crippen MR) is 293 cm³/mol. The molecule has 0 fully saturated rings. The van der Waals surface area contributed by atoms with E-state index in [4.69, 9.17) is 14.2 Å². The molecule has 0 N–H and O–H groups in total. The molecule has 0 bridgehead atoms. The minimum absolute atomic E-state index is 0.113. The summed E-state index contributed by atoms with van der Waals surface area (Å²) in [4.78, 5) is 38.1. The number of ether oxygens (including phenoxy) is 3. The molecule has 0 heterocycles. The molecule has 0 aromatic heterocycles. The molecule has 0 radical (unpaired) electrons. The summed E-state index contributed by atoms with van der Waals surface area (Å²) in [7, 11) is 0. The third kappa shape index (κ3) is 52.8. The first-order chi connectivity index (χ1) is 33.5. The largest absolute Gasteiger partial charge is 0.462 e. The molecule has 0 aromatic carbocycles. The van der Waals surface area contributed by atoms with Crippen molar-refractivity contribution in [1.29, 1.82) is 0 Å². The van der Waals surface area contributed by atoms with Crippen molar-refractivity contribution in [1.82, 2.24) is 0 Å². The Morgan fingerprint density at radius 3 is 0.956 bits per heavy atom. The van der Waals surface area contributed by atoms with Gasteiger partial charge in [-0.15, -0.1) is 0 Å². The van der Waals surface area contributed by atoms with Crippen LogP contribution in [0.5, 0.6) is 0 Å². The first kappa shape index (κ1) is 63.8. The van der Waals surface area contributed by atoms with Crippen molar-refractivity contribution in [2.24, 2.45) is 0 Å². The number of hydrogen-bond acceptors (Lipinski definition) is 6. The maximum Gasteiger partial charge on any atom is 0.306 e. The molecule has 0 amide bonds. The van der Waals surface area contributed by atoms with E-state index in [0.29, 0.717) is 19.3 Å². The smallest absolute Gasteiger partial charge is 0.306 e. The van der Waals surface area contributed by atoms with Crippen LogP contribution in [0.3, 0.4) is 0 Å². The van der Waals surface area contributed by atoms with Crippen molar-refractivity contribution in [2.75, 3.05) is 13.2 Å². The van der Waals surface area contributed by atoms with Crippen molar-refractivity contribution >= 4 is 17.9 Å². The highest BCUT2D eigenvalue weighted by atomic mass is 16.6. The van der Waals surface area contributed by atoms with Gasteiger partial charge in [-0.25, -0.2) is 0 Å². The Hall–Kier alpha value is -4.19. The monoisotopic (exact) mass is 941 g/mol. The predicted octanol–water partition coefficient (Wildman–Crippen LogP) is 18.5. The summed E-state index contributed by atoms with van der Waals surface area (Å²) in [6.07, 6.45) is 76.1. The second-order valence-corrected chi connectivity index (χ2v) is 17.7. The van der Waals surface area contributed by atoms with Crippen molar-refractivity contribution in [2.45, 2.75) is 239 Å². The molecule has 0 saturated carbocycles. The number of hydrogen-bond donors (Lipinski definition) is 0. The van der Waals surface area contributed by atoms with E-state index in [1.54, 1.807) is 0 Å². The van der Waals surface area contributed by atoms with Crippen molar-refractivity contribution < 1.29 is 28.6 Å². The minimum atomic E-state index is -0.821. The van der Waals surface area contributed by atoms with Gasteiger partial charge in [0.2, 0.25) is 0 Å². The van der Waals surface area contributed by atoms with Gasteiger partial charge in [0.05, 0.1) is 0 Å². The van der Waals surface area contributed by atoms with Crippen LogP contribution in [0.4, 0.5) is 0 Å². The summed E-state index contributed by atoms with van der Waals surface area (Å²) in [5.41, 5.74) is 0. The average Bonchev–Trinajstić information content (AvgIpc) is 3.34. The lowest BCUT2D eigenvalue weighted by atomic mass is 10.1. The van der Waals surface area contributed by atoms with Crippen LogP contribution in [0.25, 0.3) is 0 Å². The average molecular weight is 941 g/mol. The zero-order valence-electron chi connectivity index (χ0n) is 43.8. The van der Waals surface area contributed by atoms with Crippen LogP contribution in [0.2, 0.25) is 0 Å². The van der Waals surface area contributed by atoms with Crippen LogP contribution >= 0.6 is 0 Å². The molecule has 6 nitrogen and oxygen atoms in total. The Balaban J connectivity index is 4.53. The fourth-order valence-electron chi connectivity index (χ4n) is 7.11. The highest BCUT2D eigenvalue weighted by Crippen LogP contribution is 2.13. The summed E-state index contributed by atoms with van der Waals surface area (Å²) in [6, 6.07) is 0. The number of allylic oxidation sites excluding steroid dienone is 20. The number of carbonyl (C=O) groups excluding carboxylic acids is 3. The lowest BCUT2D eigenvalue weighted by Crippen LogP contribution is -2.30. The van der Waals surface area contributed by atoms with Gasteiger partial charge in [0.25, 0.3) is 0 Å². The van der Waals surface area contributed by atoms with Crippen LogP contribution in [-0.2, 0) is 28.6 Å². The fourth-order valence-corrected chi connectivity index (χ4v) is 7.11. The summed E-state index contributed by atoms with van der Waals surface area (Å²) in [5.74, 6) is -0.998. The topological polar surface area (TPSA) is 78.9 Å². The van der Waals surface area contributed by atoms with E-state index in [2.05, 4.69) is 142 Å². The molecular formula is C62H100O6. The molecule has 384 valence electrons. The van der Waals surface area contributed by atoms with Crippen LogP contribution in [0.1, 0.15) is 233 Å².